The quantitative estimate of drug-likeness (QED) is 0.795. The molecule has 9 heteroatoms. The van der Waals surface area contributed by atoms with Gasteiger partial charge in [-0.05, 0) is 30.5 Å². The van der Waals surface area contributed by atoms with E-state index in [1.807, 2.05) is 6.07 Å². The van der Waals surface area contributed by atoms with Crippen LogP contribution in [0.15, 0.2) is 42.9 Å². The average Bonchev–Trinajstić information content (AvgIpc) is 2.93. The molecule has 0 aliphatic carbocycles. The SMILES string of the molecule is O=C(c1cnccn1)N1CCC2(CC1)NC(=O)N(Cc1cccc(Cl)c1)C2=O. The number of imide groups is 1. The van der Waals surface area contributed by atoms with E-state index < -0.39 is 11.6 Å². The largest absolute Gasteiger partial charge is 0.337 e. The summed E-state index contributed by atoms with van der Waals surface area (Å²) < 4.78 is 0. The van der Waals surface area contributed by atoms with Gasteiger partial charge in [-0.3, -0.25) is 19.5 Å². The Morgan fingerprint density at radius 3 is 2.68 bits per heavy atom. The first kappa shape index (κ1) is 18.4. The molecule has 144 valence electrons. The van der Waals surface area contributed by atoms with Crippen LogP contribution in [-0.4, -0.2) is 56.2 Å². The molecule has 1 aromatic carbocycles. The van der Waals surface area contributed by atoms with E-state index >= 15 is 0 Å². The fourth-order valence-electron chi connectivity index (χ4n) is 3.64. The molecule has 2 aliphatic rings. The average molecular weight is 400 g/mol. The number of benzene rings is 1. The van der Waals surface area contributed by atoms with Gasteiger partial charge < -0.3 is 10.2 Å². The summed E-state index contributed by atoms with van der Waals surface area (Å²) in [5.41, 5.74) is 0.0839. The molecule has 1 N–H and O–H groups in total. The first-order valence-corrected chi connectivity index (χ1v) is 9.30. The molecule has 0 radical (unpaired) electrons. The third-order valence-corrected chi connectivity index (χ3v) is 5.40. The van der Waals surface area contributed by atoms with Gasteiger partial charge in [0, 0.05) is 30.5 Å². The Bertz CT molecular complexity index is 928. The first-order chi connectivity index (χ1) is 13.5. The van der Waals surface area contributed by atoms with Gasteiger partial charge in [-0.15, -0.1) is 0 Å². The van der Waals surface area contributed by atoms with E-state index in [0.29, 0.717) is 31.0 Å². The number of urea groups is 1. The molecule has 1 spiro atoms. The molecule has 0 atom stereocenters. The minimum absolute atomic E-state index is 0.162. The smallest absolute Gasteiger partial charge is 0.325 e. The second kappa shape index (κ2) is 7.20. The molecule has 2 aliphatic heterocycles. The summed E-state index contributed by atoms with van der Waals surface area (Å²) in [6.07, 6.45) is 5.10. The lowest BCUT2D eigenvalue weighted by Gasteiger charge is -2.37. The van der Waals surface area contributed by atoms with Crippen molar-refractivity contribution in [3.63, 3.8) is 0 Å². The summed E-state index contributed by atoms with van der Waals surface area (Å²) in [5.74, 6) is -0.486. The number of nitrogens with one attached hydrogen (secondary N) is 1. The molecule has 0 bridgehead atoms. The molecule has 4 rings (SSSR count). The lowest BCUT2D eigenvalue weighted by atomic mass is 9.87. The molecule has 2 fully saturated rings. The van der Waals surface area contributed by atoms with Crippen LogP contribution in [0.1, 0.15) is 28.9 Å². The number of hydrogen-bond donors (Lipinski definition) is 1. The van der Waals surface area contributed by atoms with Gasteiger partial charge in [0.05, 0.1) is 12.7 Å². The summed E-state index contributed by atoms with van der Waals surface area (Å²) >= 11 is 5.99. The maximum Gasteiger partial charge on any atom is 0.325 e. The molecule has 4 amide bonds. The van der Waals surface area contributed by atoms with Crippen LogP contribution in [-0.2, 0) is 11.3 Å². The summed E-state index contributed by atoms with van der Waals surface area (Å²) in [4.78, 5) is 48.8. The van der Waals surface area contributed by atoms with Gasteiger partial charge in [0.15, 0.2) is 0 Å². The normalized spacial score (nSPS) is 18.5. The molecule has 2 saturated heterocycles. The lowest BCUT2D eigenvalue weighted by molar-refractivity contribution is -0.133. The molecule has 1 aromatic heterocycles. The van der Waals surface area contributed by atoms with Gasteiger partial charge in [0.2, 0.25) is 0 Å². The molecular formula is C19H18ClN5O3. The first-order valence-electron chi connectivity index (χ1n) is 8.92. The van der Waals surface area contributed by atoms with Gasteiger partial charge in [-0.25, -0.2) is 9.78 Å². The fraction of sp³-hybridized carbons (Fsp3) is 0.316. The zero-order valence-electron chi connectivity index (χ0n) is 15.0. The van der Waals surface area contributed by atoms with Gasteiger partial charge in [-0.2, -0.15) is 0 Å². The predicted octanol–water partition coefficient (Wildman–Crippen LogP) is 1.86. The van der Waals surface area contributed by atoms with E-state index in [1.165, 1.54) is 23.5 Å². The van der Waals surface area contributed by atoms with Crippen LogP contribution in [0.3, 0.4) is 0 Å². The maximum atomic E-state index is 13.0. The van der Waals surface area contributed by atoms with Crippen LogP contribution >= 0.6 is 11.6 Å². The Hall–Kier alpha value is -3.00. The van der Waals surface area contributed by atoms with E-state index in [0.717, 1.165) is 5.56 Å². The van der Waals surface area contributed by atoms with Crippen LogP contribution in [0.4, 0.5) is 4.79 Å². The highest BCUT2D eigenvalue weighted by Crippen LogP contribution is 2.31. The van der Waals surface area contributed by atoms with Crippen molar-refractivity contribution in [2.24, 2.45) is 0 Å². The topological polar surface area (TPSA) is 95.5 Å². The van der Waals surface area contributed by atoms with E-state index in [-0.39, 0.29) is 24.1 Å². The highest BCUT2D eigenvalue weighted by Gasteiger charge is 2.52. The van der Waals surface area contributed by atoms with Crippen LogP contribution in [0.5, 0.6) is 0 Å². The zero-order valence-corrected chi connectivity index (χ0v) is 15.7. The van der Waals surface area contributed by atoms with Crippen molar-refractivity contribution >= 4 is 29.4 Å². The zero-order chi connectivity index (χ0) is 19.7. The monoisotopic (exact) mass is 399 g/mol. The Labute approximate surface area is 166 Å². The number of hydrogen-bond acceptors (Lipinski definition) is 5. The predicted molar refractivity (Wildman–Crippen MR) is 100 cm³/mol. The number of rotatable bonds is 3. The Morgan fingerprint density at radius 2 is 2.00 bits per heavy atom. The van der Waals surface area contributed by atoms with E-state index in [9.17, 15) is 14.4 Å². The number of amides is 4. The number of piperidine rings is 1. The van der Waals surface area contributed by atoms with Crippen LogP contribution < -0.4 is 5.32 Å². The van der Waals surface area contributed by atoms with Crippen molar-refractivity contribution in [2.45, 2.75) is 24.9 Å². The fourth-order valence-corrected chi connectivity index (χ4v) is 3.85. The van der Waals surface area contributed by atoms with Gasteiger partial charge in [0.25, 0.3) is 11.8 Å². The van der Waals surface area contributed by atoms with Crippen LogP contribution in [0.25, 0.3) is 0 Å². The van der Waals surface area contributed by atoms with Gasteiger partial charge in [-0.1, -0.05) is 23.7 Å². The molecule has 28 heavy (non-hydrogen) atoms. The van der Waals surface area contributed by atoms with Crippen molar-refractivity contribution in [3.8, 4) is 0 Å². The van der Waals surface area contributed by atoms with Crippen molar-refractivity contribution in [1.29, 1.82) is 0 Å². The molecule has 3 heterocycles. The molecule has 0 unspecified atom stereocenters. The molecule has 8 nitrogen and oxygen atoms in total. The van der Waals surface area contributed by atoms with E-state index in [2.05, 4.69) is 15.3 Å². The van der Waals surface area contributed by atoms with Crippen molar-refractivity contribution < 1.29 is 14.4 Å². The standard InChI is InChI=1S/C19H18ClN5O3/c20-14-3-1-2-13(10-14)12-25-17(27)19(23-18(25)28)4-8-24(9-5-19)16(26)15-11-21-6-7-22-15/h1-3,6-7,10-11H,4-5,8-9,12H2,(H,23,28). The number of nitrogens with zero attached hydrogens (tertiary/aromatic N) is 4. The van der Waals surface area contributed by atoms with Gasteiger partial charge >= 0.3 is 6.03 Å². The number of halogens is 1. The number of likely N-dealkylation sites (tertiary alicyclic amines) is 1. The summed E-state index contributed by atoms with van der Waals surface area (Å²) in [6, 6.07) is 6.65. The molecular weight excluding hydrogens is 382 g/mol. The Kier molecular flexibility index (Phi) is 4.72. The van der Waals surface area contributed by atoms with Crippen molar-refractivity contribution in [3.05, 3.63) is 59.1 Å². The Morgan fingerprint density at radius 1 is 1.21 bits per heavy atom. The minimum atomic E-state index is -0.963. The number of carbonyl (C=O) groups is 3. The second-order valence-electron chi connectivity index (χ2n) is 6.92. The summed E-state index contributed by atoms with van der Waals surface area (Å²) in [6.45, 7) is 0.869. The van der Waals surface area contributed by atoms with E-state index in [4.69, 9.17) is 11.6 Å². The molecule has 0 saturated carbocycles. The lowest BCUT2D eigenvalue weighted by Crippen LogP contribution is -2.55. The van der Waals surface area contributed by atoms with Crippen molar-refractivity contribution in [1.82, 2.24) is 25.1 Å². The van der Waals surface area contributed by atoms with Crippen LogP contribution in [0, 0.1) is 0 Å². The highest BCUT2D eigenvalue weighted by atomic mass is 35.5. The second-order valence-corrected chi connectivity index (χ2v) is 7.35. The van der Waals surface area contributed by atoms with E-state index in [1.54, 1.807) is 23.1 Å². The van der Waals surface area contributed by atoms with Crippen LogP contribution in [0.2, 0.25) is 5.02 Å². The highest BCUT2D eigenvalue weighted by molar-refractivity contribution is 6.30. The Balaban J connectivity index is 1.44. The number of aromatic nitrogens is 2. The summed E-state index contributed by atoms with van der Waals surface area (Å²) in [5, 5.41) is 3.39. The van der Waals surface area contributed by atoms with Gasteiger partial charge in [0.1, 0.15) is 11.2 Å². The van der Waals surface area contributed by atoms with Crippen molar-refractivity contribution in [2.75, 3.05) is 13.1 Å². The molecule has 2 aromatic rings. The third-order valence-electron chi connectivity index (χ3n) is 5.16. The summed E-state index contributed by atoms with van der Waals surface area (Å²) in [7, 11) is 0. The maximum absolute atomic E-state index is 13.0. The minimum Gasteiger partial charge on any atom is -0.337 e. The third kappa shape index (κ3) is 3.31. The number of carbonyl (C=O) groups excluding carboxylic acids is 3.